The Balaban J connectivity index is 2.11. The van der Waals surface area contributed by atoms with Crippen molar-refractivity contribution in [2.45, 2.75) is 18.1 Å². The number of benzene rings is 1. The molecule has 0 aliphatic carbocycles. The van der Waals surface area contributed by atoms with Gasteiger partial charge in [-0.05, 0) is 13.0 Å². The van der Waals surface area contributed by atoms with E-state index in [0.29, 0.717) is 11.8 Å². The lowest BCUT2D eigenvalue weighted by Gasteiger charge is -2.20. The van der Waals surface area contributed by atoms with Gasteiger partial charge in [-0.25, -0.2) is 4.98 Å². The van der Waals surface area contributed by atoms with E-state index in [2.05, 4.69) is 10.2 Å². The first-order valence-corrected chi connectivity index (χ1v) is 8.46. The van der Waals surface area contributed by atoms with Crippen LogP contribution in [0.1, 0.15) is 13.0 Å². The number of hydrogen-bond acceptors (Lipinski definition) is 7. The van der Waals surface area contributed by atoms with Gasteiger partial charge >= 0.3 is 5.97 Å². The minimum Gasteiger partial charge on any atom is -0.468 e. The molecule has 0 fully saturated rings. The molecule has 0 aromatic heterocycles. The fourth-order valence-electron chi connectivity index (χ4n) is 2.55. The first-order valence-electron chi connectivity index (χ1n) is 7.47. The molecule has 0 spiro atoms. The first kappa shape index (κ1) is 16.7. The van der Waals surface area contributed by atoms with Crippen LogP contribution in [-0.2, 0) is 14.3 Å². The summed E-state index contributed by atoms with van der Waals surface area (Å²) in [5, 5.41) is 10.2. The summed E-state index contributed by atoms with van der Waals surface area (Å²) in [4.78, 5) is 16.2. The van der Waals surface area contributed by atoms with Gasteiger partial charge in [0, 0.05) is 12.5 Å². The fraction of sp³-hybridized carbons (Fsp3) is 0.375. The van der Waals surface area contributed by atoms with Crippen LogP contribution in [0.4, 0.5) is 0 Å². The molecule has 0 radical (unpaired) electrons. The zero-order valence-corrected chi connectivity index (χ0v) is 14.5. The predicted octanol–water partition coefficient (Wildman–Crippen LogP) is 2.40. The molecule has 0 saturated heterocycles. The molecule has 3 rings (SSSR count). The van der Waals surface area contributed by atoms with Crippen molar-refractivity contribution in [3.63, 3.8) is 0 Å². The van der Waals surface area contributed by atoms with E-state index in [1.54, 1.807) is 7.11 Å². The first-order chi connectivity index (χ1) is 11.7. The molecule has 126 valence electrons. The lowest BCUT2D eigenvalue weighted by atomic mass is 10.2. The van der Waals surface area contributed by atoms with Crippen LogP contribution >= 0.6 is 11.8 Å². The van der Waals surface area contributed by atoms with Gasteiger partial charge in [0.1, 0.15) is 5.69 Å². The zero-order chi connectivity index (χ0) is 17.1. The Morgan fingerprint density at radius 3 is 2.83 bits per heavy atom. The summed E-state index contributed by atoms with van der Waals surface area (Å²) in [5.74, 6) is 0.591. The van der Waals surface area contributed by atoms with E-state index in [-0.39, 0.29) is 17.8 Å². The molecular weight excluding hydrogens is 328 g/mol. The number of ether oxygens (including phenoxy) is 2. The van der Waals surface area contributed by atoms with Gasteiger partial charge < -0.3 is 9.47 Å². The Kier molecular flexibility index (Phi) is 4.96. The highest BCUT2D eigenvalue weighted by Gasteiger charge is 2.24. The third-order valence-corrected chi connectivity index (χ3v) is 4.58. The second-order valence-corrected chi connectivity index (χ2v) is 6.27. The van der Waals surface area contributed by atoms with Gasteiger partial charge in [-0.2, -0.15) is 0 Å². The molecule has 0 bridgehead atoms. The maximum atomic E-state index is 11.5. The summed E-state index contributed by atoms with van der Waals surface area (Å²) >= 11 is 1.28. The minimum absolute atomic E-state index is 0.00235. The SMILES string of the molecule is COC[C@@H](C)n1c(SCC(=O)OC)nnc2c3ccccc3nc1-2. The van der Waals surface area contributed by atoms with Crippen molar-refractivity contribution in [2.75, 3.05) is 26.6 Å². The van der Waals surface area contributed by atoms with E-state index in [9.17, 15) is 4.79 Å². The second kappa shape index (κ2) is 7.14. The number of esters is 1. The summed E-state index contributed by atoms with van der Waals surface area (Å²) in [6.07, 6.45) is 0. The van der Waals surface area contributed by atoms with Gasteiger partial charge in [-0.15, -0.1) is 10.2 Å². The molecule has 1 aromatic rings. The number of thioether (sulfide) groups is 1. The van der Waals surface area contributed by atoms with Gasteiger partial charge in [0.25, 0.3) is 0 Å². The van der Waals surface area contributed by atoms with E-state index < -0.39 is 0 Å². The summed E-state index contributed by atoms with van der Waals surface area (Å²) in [6.45, 7) is 2.52. The van der Waals surface area contributed by atoms with Crippen molar-refractivity contribution in [1.82, 2.24) is 19.7 Å². The molecule has 7 nitrogen and oxygen atoms in total. The van der Waals surface area contributed by atoms with Crippen LogP contribution in [0.2, 0.25) is 0 Å². The Bertz CT molecular complexity index is 835. The zero-order valence-electron chi connectivity index (χ0n) is 13.7. The maximum absolute atomic E-state index is 11.5. The Labute approximate surface area is 143 Å². The third-order valence-electron chi connectivity index (χ3n) is 3.66. The van der Waals surface area contributed by atoms with E-state index in [4.69, 9.17) is 14.5 Å². The van der Waals surface area contributed by atoms with E-state index in [1.165, 1.54) is 18.9 Å². The number of fused-ring (bicyclic) bond motifs is 3. The number of rotatable bonds is 6. The molecule has 8 heteroatoms. The summed E-state index contributed by atoms with van der Waals surface area (Å²) in [5.41, 5.74) is 1.62. The minimum atomic E-state index is -0.312. The lowest BCUT2D eigenvalue weighted by Crippen LogP contribution is -2.19. The van der Waals surface area contributed by atoms with Crippen molar-refractivity contribution in [3.05, 3.63) is 24.3 Å². The quantitative estimate of drug-likeness (QED) is 0.501. The molecule has 0 saturated carbocycles. The Morgan fingerprint density at radius 2 is 2.08 bits per heavy atom. The van der Waals surface area contributed by atoms with Crippen LogP contribution in [-0.4, -0.2) is 52.3 Å². The monoisotopic (exact) mass is 346 g/mol. The standard InChI is InChI=1S/C16H18N4O3S/c1-10(8-22-2)20-15-14(11-6-4-5-7-12(11)17-15)18-19-16(20)24-9-13(21)23-3/h4-7,10H,8-9H2,1-3H3/t10-/m1/s1. The molecule has 0 N–H and O–H groups in total. The average Bonchev–Trinajstić information content (AvgIpc) is 2.97. The number of carbonyl (C=O) groups excluding carboxylic acids is 1. The number of nitrogens with zero attached hydrogens (tertiary/aromatic N) is 4. The normalized spacial score (nSPS) is 12.6. The van der Waals surface area contributed by atoms with Crippen LogP contribution in [0.5, 0.6) is 0 Å². The molecule has 2 aliphatic rings. The maximum Gasteiger partial charge on any atom is 0.316 e. The van der Waals surface area contributed by atoms with Crippen molar-refractivity contribution in [1.29, 1.82) is 0 Å². The summed E-state index contributed by atoms with van der Waals surface area (Å²) in [6, 6.07) is 7.82. The number of para-hydroxylation sites is 1. The largest absolute Gasteiger partial charge is 0.468 e. The highest BCUT2D eigenvalue weighted by Crippen LogP contribution is 2.33. The number of aromatic nitrogens is 4. The van der Waals surface area contributed by atoms with Crippen molar-refractivity contribution in [2.24, 2.45) is 0 Å². The van der Waals surface area contributed by atoms with E-state index >= 15 is 0 Å². The van der Waals surface area contributed by atoms with Crippen LogP contribution in [0.3, 0.4) is 0 Å². The fourth-order valence-corrected chi connectivity index (χ4v) is 3.42. The number of hydrogen-bond donors (Lipinski definition) is 0. The van der Waals surface area contributed by atoms with Gasteiger partial charge in [0.05, 0.1) is 31.0 Å². The average molecular weight is 346 g/mol. The molecule has 2 heterocycles. The third kappa shape index (κ3) is 3.07. The highest BCUT2D eigenvalue weighted by atomic mass is 32.2. The van der Waals surface area contributed by atoms with Crippen molar-refractivity contribution >= 4 is 28.6 Å². The molecule has 1 aromatic carbocycles. The number of methoxy groups -OCH3 is 2. The van der Waals surface area contributed by atoms with Crippen molar-refractivity contribution in [3.8, 4) is 11.5 Å². The molecule has 0 unspecified atom stereocenters. The topological polar surface area (TPSA) is 79.1 Å². The summed E-state index contributed by atoms with van der Waals surface area (Å²) in [7, 11) is 3.02. The van der Waals surface area contributed by atoms with E-state index in [0.717, 1.165) is 22.4 Å². The smallest absolute Gasteiger partial charge is 0.316 e. The van der Waals surface area contributed by atoms with Crippen LogP contribution in [0.25, 0.3) is 22.4 Å². The van der Waals surface area contributed by atoms with Gasteiger partial charge in [-0.1, -0.05) is 30.0 Å². The van der Waals surface area contributed by atoms with E-state index in [1.807, 2.05) is 35.8 Å². The van der Waals surface area contributed by atoms with Gasteiger partial charge in [0.2, 0.25) is 0 Å². The van der Waals surface area contributed by atoms with Crippen LogP contribution < -0.4 is 0 Å². The van der Waals surface area contributed by atoms with Crippen LogP contribution in [0.15, 0.2) is 29.4 Å². The predicted molar refractivity (Wildman–Crippen MR) is 91.3 cm³/mol. The molecule has 1 atom stereocenters. The van der Waals surface area contributed by atoms with Gasteiger partial charge in [0.15, 0.2) is 11.0 Å². The molecule has 2 aliphatic heterocycles. The number of carbonyl (C=O) groups is 1. The Morgan fingerprint density at radius 1 is 1.29 bits per heavy atom. The van der Waals surface area contributed by atoms with Gasteiger partial charge in [-0.3, -0.25) is 9.36 Å². The molecular formula is C16H18N4O3S. The molecule has 0 amide bonds. The van der Waals surface area contributed by atoms with Crippen molar-refractivity contribution < 1.29 is 14.3 Å². The summed E-state index contributed by atoms with van der Waals surface area (Å²) < 4.78 is 12.0. The second-order valence-electron chi connectivity index (χ2n) is 5.32. The van der Waals surface area contributed by atoms with Crippen LogP contribution in [0, 0.1) is 0 Å². The molecule has 24 heavy (non-hydrogen) atoms. The Hall–Kier alpha value is -2.19. The highest BCUT2D eigenvalue weighted by molar-refractivity contribution is 7.99. The lowest BCUT2D eigenvalue weighted by molar-refractivity contribution is -0.137.